The second-order valence-corrected chi connectivity index (χ2v) is 4.82. The number of ether oxygens (including phenoxy) is 1. The molecule has 0 fully saturated rings. The van der Waals surface area contributed by atoms with Crippen LogP contribution in [0.15, 0.2) is 28.7 Å². The predicted molar refractivity (Wildman–Crippen MR) is 71.7 cm³/mol. The van der Waals surface area contributed by atoms with E-state index in [9.17, 15) is 0 Å². The molecule has 0 spiro atoms. The number of aromatic nitrogens is 2. The molecule has 92 valence electrons. The van der Waals surface area contributed by atoms with Crippen molar-refractivity contribution in [3.05, 3.63) is 45.1 Å². The molecule has 0 aliphatic carbocycles. The first-order chi connectivity index (χ1) is 8.67. The minimum Gasteiger partial charge on any atom is -0.378 e. The topological polar surface area (TPSA) is 50.8 Å². The van der Waals surface area contributed by atoms with E-state index >= 15 is 0 Å². The summed E-state index contributed by atoms with van der Waals surface area (Å²) < 4.78 is 7.45. The molecule has 0 bridgehead atoms. The number of hydrogen-bond donors (Lipinski definition) is 0. The SMILES string of the molecule is COCc1nn(-c2cccc(Br)c2)c(Cl)c1C#N. The fourth-order valence-corrected chi connectivity index (χ4v) is 2.24. The summed E-state index contributed by atoms with van der Waals surface area (Å²) in [5.41, 5.74) is 1.66. The lowest BCUT2D eigenvalue weighted by Gasteiger charge is -2.02. The predicted octanol–water partition coefficient (Wildman–Crippen LogP) is 3.31. The summed E-state index contributed by atoms with van der Waals surface area (Å²) >= 11 is 9.54. The number of methoxy groups -OCH3 is 1. The molecule has 0 saturated carbocycles. The Morgan fingerprint density at radius 3 is 2.94 bits per heavy atom. The molecular weight excluding hydrogens is 318 g/mol. The Kier molecular flexibility index (Phi) is 4.02. The van der Waals surface area contributed by atoms with E-state index < -0.39 is 0 Å². The van der Waals surface area contributed by atoms with Gasteiger partial charge in [0.25, 0.3) is 0 Å². The van der Waals surface area contributed by atoms with E-state index in [4.69, 9.17) is 21.6 Å². The molecule has 0 aliphatic heterocycles. The van der Waals surface area contributed by atoms with Gasteiger partial charge in [0.05, 0.1) is 12.3 Å². The molecule has 0 saturated heterocycles. The second-order valence-electron chi connectivity index (χ2n) is 3.55. The van der Waals surface area contributed by atoms with Crippen LogP contribution in [0.4, 0.5) is 0 Å². The van der Waals surface area contributed by atoms with Gasteiger partial charge in [-0.05, 0) is 18.2 Å². The molecule has 2 aromatic rings. The number of hydrogen-bond acceptors (Lipinski definition) is 3. The molecule has 1 aromatic carbocycles. The Morgan fingerprint density at radius 1 is 1.56 bits per heavy atom. The van der Waals surface area contributed by atoms with Crippen LogP contribution in [0.5, 0.6) is 0 Å². The van der Waals surface area contributed by atoms with Crippen LogP contribution < -0.4 is 0 Å². The highest BCUT2D eigenvalue weighted by molar-refractivity contribution is 9.10. The summed E-state index contributed by atoms with van der Waals surface area (Å²) in [6.07, 6.45) is 0. The summed E-state index contributed by atoms with van der Waals surface area (Å²) in [4.78, 5) is 0. The smallest absolute Gasteiger partial charge is 0.151 e. The molecule has 4 nitrogen and oxygen atoms in total. The minimum absolute atomic E-state index is 0.254. The van der Waals surface area contributed by atoms with Crippen LogP contribution >= 0.6 is 27.5 Å². The molecule has 0 amide bonds. The normalized spacial score (nSPS) is 10.3. The number of nitrogens with zero attached hydrogens (tertiary/aromatic N) is 3. The van der Waals surface area contributed by atoms with Crippen LogP contribution in [0.2, 0.25) is 5.15 Å². The van der Waals surface area contributed by atoms with Crippen molar-refractivity contribution in [3.8, 4) is 11.8 Å². The van der Waals surface area contributed by atoms with E-state index in [1.807, 2.05) is 30.3 Å². The highest BCUT2D eigenvalue weighted by atomic mass is 79.9. The van der Waals surface area contributed by atoms with Gasteiger partial charge < -0.3 is 4.74 Å². The molecule has 0 aliphatic rings. The average molecular weight is 327 g/mol. The number of rotatable bonds is 3. The lowest BCUT2D eigenvalue weighted by molar-refractivity contribution is 0.181. The quantitative estimate of drug-likeness (QED) is 0.869. The van der Waals surface area contributed by atoms with Gasteiger partial charge in [0.2, 0.25) is 0 Å². The maximum Gasteiger partial charge on any atom is 0.151 e. The lowest BCUT2D eigenvalue weighted by atomic mass is 10.3. The van der Waals surface area contributed by atoms with Crippen LogP contribution in [-0.4, -0.2) is 16.9 Å². The first-order valence-corrected chi connectivity index (χ1v) is 6.27. The van der Waals surface area contributed by atoms with Gasteiger partial charge in [-0.3, -0.25) is 0 Å². The Labute approximate surface area is 118 Å². The Balaban J connectivity index is 2.56. The number of halogens is 2. The highest BCUT2D eigenvalue weighted by Crippen LogP contribution is 2.25. The molecule has 0 unspecified atom stereocenters. The zero-order chi connectivity index (χ0) is 13.1. The van der Waals surface area contributed by atoms with Gasteiger partial charge in [-0.15, -0.1) is 0 Å². The van der Waals surface area contributed by atoms with E-state index in [-0.39, 0.29) is 6.61 Å². The Morgan fingerprint density at radius 2 is 2.33 bits per heavy atom. The summed E-state index contributed by atoms with van der Waals surface area (Å²) in [6.45, 7) is 0.254. The monoisotopic (exact) mass is 325 g/mol. The van der Waals surface area contributed by atoms with Crippen LogP contribution in [0, 0.1) is 11.3 Å². The van der Waals surface area contributed by atoms with Gasteiger partial charge in [0.1, 0.15) is 17.3 Å². The van der Waals surface area contributed by atoms with E-state index in [2.05, 4.69) is 21.0 Å². The van der Waals surface area contributed by atoms with Gasteiger partial charge in [-0.1, -0.05) is 33.6 Å². The third kappa shape index (κ3) is 2.41. The number of nitriles is 1. The number of benzene rings is 1. The largest absolute Gasteiger partial charge is 0.378 e. The van der Waals surface area contributed by atoms with Crippen molar-refractivity contribution >= 4 is 27.5 Å². The second kappa shape index (κ2) is 5.53. The maximum atomic E-state index is 9.09. The Bertz CT molecular complexity index is 618. The van der Waals surface area contributed by atoms with Crippen molar-refractivity contribution in [2.24, 2.45) is 0 Å². The summed E-state index contributed by atoms with van der Waals surface area (Å²) in [6, 6.07) is 9.56. The molecular formula is C12H9BrClN3O. The van der Waals surface area contributed by atoms with E-state index in [0.717, 1.165) is 10.2 Å². The van der Waals surface area contributed by atoms with Crippen LogP contribution in [-0.2, 0) is 11.3 Å². The van der Waals surface area contributed by atoms with Crippen LogP contribution in [0.25, 0.3) is 5.69 Å². The molecule has 1 aromatic heterocycles. The highest BCUT2D eigenvalue weighted by Gasteiger charge is 2.17. The Hall–Kier alpha value is -1.35. The summed E-state index contributed by atoms with van der Waals surface area (Å²) in [5, 5.41) is 13.7. The van der Waals surface area contributed by atoms with Crippen LogP contribution in [0.3, 0.4) is 0 Å². The third-order valence-corrected chi connectivity index (χ3v) is 3.19. The molecule has 6 heteroatoms. The van der Waals surface area contributed by atoms with Gasteiger partial charge >= 0.3 is 0 Å². The van der Waals surface area contributed by atoms with Crippen molar-refractivity contribution in [1.82, 2.24) is 9.78 Å². The van der Waals surface area contributed by atoms with Crippen molar-refractivity contribution in [1.29, 1.82) is 5.26 Å². The zero-order valence-corrected chi connectivity index (χ0v) is 11.9. The molecule has 18 heavy (non-hydrogen) atoms. The minimum atomic E-state index is 0.254. The van der Waals surface area contributed by atoms with Crippen molar-refractivity contribution in [2.75, 3.05) is 7.11 Å². The van der Waals surface area contributed by atoms with Crippen molar-refractivity contribution < 1.29 is 4.74 Å². The summed E-state index contributed by atoms with van der Waals surface area (Å²) in [7, 11) is 1.55. The fourth-order valence-electron chi connectivity index (χ4n) is 1.57. The fraction of sp³-hybridized carbons (Fsp3) is 0.167. The molecule has 0 N–H and O–H groups in total. The van der Waals surface area contributed by atoms with Crippen molar-refractivity contribution in [3.63, 3.8) is 0 Å². The van der Waals surface area contributed by atoms with Gasteiger partial charge in [-0.25, -0.2) is 4.68 Å². The van der Waals surface area contributed by atoms with Crippen molar-refractivity contribution in [2.45, 2.75) is 6.61 Å². The maximum absolute atomic E-state index is 9.09. The molecule has 0 radical (unpaired) electrons. The first kappa shape index (κ1) is 13.1. The molecule has 0 atom stereocenters. The van der Waals surface area contributed by atoms with E-state index in [0.29, 0.717) is 16.4 Å². The standard InChI is InChI=1S/C12H9BrClN3O/c1-18-7-11-10(6-15)12(14)17(16-11)9-4-2-3-8(13)5-9/h2-5H,7H2,1H3. The van der Waals surface area contributed by atoms with Crippen LogP contribution in [0.1, 0.15) is 11.3 Å². The molecule has 1 heterocycles. The van der Waals surface area contributed by atoms with E-state index in [1.165, 1.54) is 4.68 Å². The van der Waals surface area contributed by atoms with Gasteiger partial charge in [0, 0.05) is 11.6 Å². The molecule has 2 rings (SSSR count). The third-order valence-electron chi connectivity index (χ3n) is 2.35. The van der Waals surface area contributed by atoms with Gasteiger partial charge in [0.15, 0.2) is 5.15 Å². The first-order valence-electron chi connectivity index (χ1n) is 5.09. The average Bonchev–Trinajstić information content (AvgIpc) is 2.66. The van der Waals surface area contributed by atoms with E-state index in [1.54, 1.807) is 7.11 Å². The summed E-state index contributed by atoms with van der Waals surface area (Å²) in [5.74, 6) is 0. The lowest BCUT2D eigenvalue weighted by Crippen LogP contribution is -1.98. The van der Waals surface area contributed by atoms with Gasteiger partial charge in [-0.2, -0.15) is 10.4 Å². The zero-order valence-electron chi connectivity index (χ0n) is 9.52.